The summed E-state index contributed by atoms with van der Waals surface area (Å²) in [4.78, 5) is 5.72. The molecule has 4 heteroatoms. The van der Waals surface area contributed by atoms with Crippen LogP contribution >= 0.6 is 23.1 Å². The lowest BCUT2D eigenvalue weighted by Gasteiger charge is -2.07. The molecule has 1 aromatic heterocycles. The van der Waals surface area contributed by atoms with E-state index in [-0.39, 0.29) is 0 Å². The van der Waals surface area contributed by atoms with E-state index in [9.17, 15) is 0 Å². The molecule has 0 amide bonds. The Kier molecular flexibility index (Phi) is 4.06. The molecule has 0 spiro atoms. The molecule has 13 heavy (non-hydrogen) atoms. The van der Waals surface area contributed by atoms with Crippen LogP contribution in [0.1, 0.15) is 17.5 Å². The van der Waals surface area contributed by atoms with Crippen molar-refractivity contribution in [3.05, 3.63) is 10.6 Å². The van der Waals surface area contributed by atoms with Crippen LogP contribution in [-0.4, -0.2) is 23.0 Å². The van der Waals surface area contributed by atoms with Crippen LogP contribution in [0.5, 0.6) is 0 Å². The van der Waals surface area contributed by atoms with Crippen molar-refractivity contribution in [2.75, 3.05) is 18.1 Å². The zero-order valence-electron chi connectivity index (χ0n) is 8.55. The van der Waals surface area contributed by atoms with Crippen molar-refractivity contribution in [2.24, 2.45) is 0 Å². The van der Waals surface area contributed by atoms with Crippen molar-refractivity contribution in [1.82, 2.24) is 4.98 Å². The maximum atomic E-state index is 4.41. The molecule has 0 aliphatic heterocycles. The number of hydrogen-bond acceptors (Lipinski definition) is 4. The van der Waals surface area contributed by atoms with E-state index in [4.69, 9.17) is 0 Å². The van der Waals surface area contributed by atoms with Gasteiger partial charge in [0.1, 0.15) is 0 Å². The number of rotatable bonds is 4. The SMILES string of the molecule is CSC(C)CNc1nc(C)c(C)s1. The summed E-state index contributed by atoms with van der Waals surface area (Å²) in [5.74, 6) is 0. The minimum absolute atomic E-state index is 0.643. The minimum Gasteiger partial charge on any atom is -0.360 e. The van der Waals surface area contributed by atoms with Crippen LogP contribution in [0.15, 0.2) is 0 Å². The Morgan fingerprint density at radius 2 is 2.23 bits per heavy atom. The van der Waals surface area contributed by atoms with Gasteiger partial charge in [0.15, 0.2) is 5.13 Å². The Balaban J connectivity index is 2.45. The quantitative estimate of drug-likeness (QED) is 0.837. The first-order valence-electron chi connectivity index (χ1n) is 4.34. The molecule has 0 saturated heterocycles. The van der Waals surface area contributed by atoms with Gasteiger partial charge in [0.25, 0.3) is 0 Å². The van der Waals surface area contributed by atoms with Crippen molar-refractivity contribution in [3.63, 3.8) is 0 Å². The van der Waals surface area contributed by atoms with Gasteiger partial charge in [0, 0.05) is 16.7 Å². The summed E-state index contributed by atoms with van der Waals surface area (Å²) < 4.78 is 0. The lowest BCUT2D eigenvalue weighted by Crippen LogP contribution is -2.12. The first-order chi connectivity index (χ1) is 6.13. The van der Waals surface area contributed by atoms with E-state index in [0.717, 1.165) is 17.4 Å². The molecule has 0 radical (unpaired) electrons. The highest BCUT2D eigenvalue weighted by atomic mass is 32.2. The maximum absolute atomic E-state index is 4.41. The molecule has 74 valence electrons. The molecular formula is C9H16N2S2. The van der Waals surface area contributed by atoms with E-state index in [1.807, 2.05) is 11.8 Å². The van der Waals surface area contributed by atoms with Gasteiger partial charge < -0.3 is 5.32 Å². The Hall–Kier alpha value is -0.220. The predicted molar refractivity (Wildman–Crippen MR) is 63.1 cm³/mol. The molecule has 0 saturated carbocycles. The van der Waals surface area contributed by atoms with Crippen LogP contribution in [-0.2, 0) is 0 Å². The normalized spacial score (nSPS) is 12.9. The van der Waals surface area contributed by atoms with Crippen LogP contribution in [0.3, 0.4) is 0 Å². The van der Waals surface area contributed by atoms with Crippen molar-refractivity contribution in [2.45, 2.75) is 26.0 Å². The first-order valence-corrected chi connectivity index (χ1v) is 6.44. The summed E-state index contributed by atoms with van der Waals surface area (Å²) in [6.07, 6.45) is 2.13. The van der Waals surface area contributed by atoms with E-state index in [2.05, 4.69) is 37.3 Å². The van der Waals surface area contributed by atoms with Gasteiger partial charge in [-0.25, -0.2) is 4.98 Å². The molecule has 1 aromatic rings. The van der Waals surface area contributed by atoms with Gasteiger partial charge >= 0.3 is 0 Å². The van der Waals surface area contributed by atoms with Gasteiger partial charge in [-0.1, -0.05) is 6.92 Å². The topological polar surface area (TPSA) is 24.9 Å². The average Bonchev–Trinajstić information content (AvgIpc) is 2.42. The second-order valence-corrected chi connectivity index (χ2v) is 5.57. The molecule has 0 fully saturated rings. The molecule has 1 atom stereocenters. The molecule has 2 nitrogen and oxygen atoms in total. The number of aromatic nitrogens is 1. The number of hydrogen-bond donors (Lipinski definition) is 1. The molecule has 0 aromatic carbocycles. The molecule has 0 aliphatic carbocycles. The van der Waals surface area contributed by atoms with Gasteiger partial charge in [-0.05, 0) is 20.1 Å². The molecule has 1 unspecified atom stereocenters. The highest BCUT2D eigenvalue weighted by molar-refractivity contribution is 7.99. The molecular weight excluding hydrogens is 200 g/mol. The van der Waals surface area contributed by atoms with E-state index >= 15 is 0 Å². The smallest absolute Gasteiger partial charge is 0.183 e. The third-order valence-corrected chi connectivity index (χ3v) is 3.97. The van der Waals surface area contributed by atoms with E-state index in [0.29, 0.717) is 5.25 Å². The molecule has 1 rings (SSSR count). The summed E-state index contributed by atoms with van der Waals surface area (Å²) in [6, 6.07) is 0. The van der Waals surface area contributed by atoms with Crippen molar-refractivity contribution < 1.29 is 0 Å². The number of nitrogens with zero attached hydrogens (tertiary/aromatic N) is 1. The van der Waals surface area contributed by atoms with E-state index in [1.54, 1.807) is 11.3 Å². The number of nitrogens with one attached hydrogen (secondary N) is 1. The fourth-order valence-electron chi connectivity index (χ4n) is 0.863. The Bertz CT molecular complexity index is 251. The summed E-state index contributed by atoms with van der Waals surface area (Å²) in [6.45, 7) is 7.36. The third-order valence-electron chi connectivity index (χ3n) is 1.97. The summed E-state index contributed by atoms with van der Waals surface area (Å²) in [5, 5.41) is 5.04. The minimum atomic E-state index is 0.643. The zero-order valence-corrected chi connectivity index (χ0v) is 10.2. The van der Waals surface area contributed by atoms with Gasteiger partial charge in [-0.15, -0.1) is 11.3 Å². The fourth-order valence-corrected chi connectivity index (χ4v) is 1.93. The first kappa shape index (κ1) is 10.9. The number of anilines is 1. The predicted octanol–water partition coefficient (Wildman–Crippen LogP) is 2.92. The van der Waals surface area contributed by atoms with Crippen LogP contribution < -0.4 is 5.32 Å². The van der Waals surface area contributed by atoms with Crippen molar-refractivity contribution in [3.8, 4) is 0 Å². The zero-order chi connectivity index (χ0) is 9.84. The highest BCUT2D eigenvalue weighted by Crippen LogP contribution is 2.21. The van der Waals surface area contributed by atoms with E-state index < -0.39 is 0 Å². The molecule has 0 bridgehead atoms. The number of thiazole rings is 1. The second-order valence-electron chi connectivity index (χ2n) is 3.09. The fraction of sp³-hybridized carbons (Fsp3) is 0.667. The molecule has 1 N–H and O–H groups in total. The number of aryl methyl sites for hydroxylation is 2. The summed E-state index contributed by atoms with van der Waals surface area (Å²) >= 11 is 3.60. The van der Waals surface area contributed by atoms with Crippen LogP contribution in [0, 0.1) is 13.8 Å². The van der Waals surface area contributed by atoms with Crippen LogP contribution in [0.2, 0.25) is 0 Å². The Labute approximate surface area is 88.2 Å². The average molecular weight is 216 g/mol. The van der Waals surface area contributed by atoms with Crippen molar-refractivity contribution in [1.29, 1.82) is 0 Å². The molecule has 0 aliphatic rings. The standard InChI is InChI=1S/C9H16N2S2/c1-6(12-4)5-10-9-11-7(2)8(3)13-9/h6H,5H2,1-4H3,(H,10,11). The van der Waals surface area contributed by atoms with Gasteiger partial charge in [-0.3, -0.25) is 0 Å². The second kappa shape index (κ2) is 4.86. The van der Waals surface area contributed by atoms with Crippen molar-refractivity contribution >= 4 is 28.2 Å². The summed E-state index contributed by atoms with van der Waals surface area (Å²) in [5.41, 5.74) is 1.14. The lowest BCUT2D eigenvalue weighted by atomic mass is 10.4. The highest BCUT2D eigenvalue weighted by Gasteiger charge is 2.04. The molecule has 1 heterocycles. The van der Waals surface area contributed by atoms with Gasteiger partial charge in [-0.2, -0.15) is 11.8 Å². The Morgan fingerprint density at radius 3 is 2.69 bits per heavy atom. The summed E-state index contributed by atoms with van der Waals surface area (Å²) in [7, 11) is 0. The van der Waals surface area contributed by atoms with Crippen LogP contribution in [0.25, 0.3) is 0 Å². The third kappa shape index (κ3) is 3.19. The monoisotopic (exact) mass is 216 g/mol. The Morgan fingerprint density at radius 1 is 1.54 bits per heavy atom. The van der Waals surface area contributed by atoms with Crippen LogP contribution in [0.4, 0.5) is 5.13 Å². The van der Waals surface area contributed by atoms with E-state index in [1.165, 1.54) is 4.88 Å². The maximum Gasteiger partial charge on any atom is 0.183 e. The van der Waals surface area contributed by atoms with Gasteiger partial charge in [0.05, 0.1) is 5.69 Å². The number of thioether (sulfide) groups is 1. The largest absolute Gasteiger partial charge is 0.360 e. The lowest BCUT2D eigenvalue weighted by molar-refractivity contribution is 0.997. The van der Waals surface area contributed by atoms with Gasteiger partial charge in [0.2, 0.25) is 0 Å².